The van der Waals surface area contributed by atoms with Crippen molar-refractivity contribution >= 4 is 16.9 Å². The number of benzene rings is 2. The SMILES string of the molecule is COc1nc2c(CN)cccc2n1-c1nnc(C)c(NCc2ccccc2)n1. The van der Waals surface area contributed by atoms with E-state index in [2.05, 4.69) is 37.6 Å². The molecule has 0 aliphatic rings. The first kappa shape index (κ1) is 17.9. The van der Waals surface area contributed by atoms with Gasteiger partial charge in [-0.3, -0.25) is 0 Å². The number of methoxy groups -OCH3 is 1. The molecule has 8 nitrogen and oxygen atoms in total. The lowest BCUT2D eigenvalue weighted by Crippen LogP contribution is -2.11. The van der Waals surface area contributed by atoms with Crippen molar-refractivity contribution in [3.63, 3.8) is 0 Å². The molecule has 0 unspecified atom stereocenters. The highest BCUT2D eigenvalue weighted by Crippen LogP contribution is 2.27. The van der Waals surface area contributed by atoms with Gasteiger partial charge >= 0.3 is 6.01 Å². The maximum atomic E-state index is 5.85. The Bertz CT molecular complexity index is 1110. The van der Waals surface area contributed by atoms with E-state index >= 15 is 0 Å². The van der Waals surface area contributed by atoms with Crippen molar-refractivity contribution in [1.29, 1.82) is 0 Å². The number of hydrogen-bond donors (Lipinski definition) is 2. The third-order valence-corrected chi connectivity index (χ3v) is 4.49. The first-order chi connectivity index (χ1) is 13.7. The van der Waals surface area contributed by atoms with Crippen molar-refractivity contribution < 1.29 is 4.74 Å². The van der Waals surface area contributed by atoms with Crippen molar-refractivity contribution in [2.75, 3.05) is 12.4 Å². The molecule has 0 aliphatic heterocycles. The van der Waals surface area contributed by atoms with Crippen molar-refractivity contribution in [1.82, 2.24) is 24.7 Å². The number of ether oxygens (including phenoxy) is 1. The highest BCUT2D eigenvalue weighted by Gasteiger charge is 2.18. The zero-order valence-corrected chi connectivity index (χ0v) is 15.8. The van der Waals surface area contributed by atoms with Crippen LogP contribution in [0.5, 0.6) is 6.01 Å². The largest absolute Gasteiger partial charge is 0.468 e. The van der Waals surface area contributed by atoms with E-state index < -0.39 is 0 Å². The molecule has 0 saturated heterocycles. The Labute approximate surface area is 162 Å². The number of nitrogens with one attached hydrogen (secondary N) is 1. The molecule has 0 radical (unpaired) electrons. The molecule has 4 rings (SSSR count). The Balaban J connectivity index is 1.75. The van der Waals surface area contributed by atoms with Gasteiger partial charge in [0.15, 0.2) is 5.82 Å². The number of aryl methyl sites for hydroxylation is 1. The second-order valence-electron chi connectivity index (χ2n) is 6.31. The van der Waals surface area contributed by atoms with Crippen LogP contribution in [0.2, 0.25) is 0 Å². The second kappa shape index (κ2) is 7.61. The molecular weight excluding hydrogens is 354 g/mol. The van der Waals surface area contributed by atoms with Crippen LogP contribution in [0, 0.1) is 6.92 Å². The summed E-state index contributed by atoms with van der Waals surface area (Å²) in [5.41, 5.74) is 10.2. The summed E-state index contributed by atoms with van der Waals surface area (Å²) in [6.45, 7) is 2.89. The Morgan fingerprint density at radius 1 is 1.04 bits per heavy atom. The van der Waals surface area contributed by atoms with Crippen molar-refractivity contribution in [2.24, 2.45) is 5.73 Å². The van der Waals surface area contributed by atoms with Crippen LogP contribution in [0.15, 0.2) is 48.5 Å². The van der Waals surface area contributed by atoms with Gasteiger partial charge in [-0.2, -0.15) is 9.97 Å². The van der Waals surface area contributed by atoms with Gasteiger partial charge in [0.05, 0.1) is 18.1 Å². The van der Waals surface area contributed by atoms with Gasteiger partial charge in [-0.15, -0.1) is 10.2 Å². The van der Waals surface area contributed by atoms with E-state index in [1.165, 1.54) is 0 Å². The average molecular weight is 375 g/mol. The summed E-state index contributed by atoms with van der Waals surface area (Å²) in [4.78, 5) is 9.23. The summed E-state index contributed by atoms with van der Waals surface area (Å²) in [7, 11) is 1.57. The Hall–Kier alpha value is -3.52. The maximum Gasteiger partial charge on any atom is 0.304 e. The molecule has 0 fully saturated rings. The molecule has 2 aromatic heterocycles. The normalized spacial score (nSPS) is 11.0. The minimum atomic E-state index is 0.383. The predicted octanol–water partition coefficient (Wildman–Crippen LogP) is 2.60. The van der Waals surface area contributed by atoms with Crippen LogP contribution in [0.3, 0.4) is 0 Å². The van der Waals surface area contributed by atoms with Crippen molar-refractivity contribution in [3.05, 3.63) is 65.4 Å². The number of hydrogen-bond acceptors (Lipinski definition) is 7. The average Bonchev–Trinajstić information content (AvgIpc) is 3.12. The highest BCUT2D eigenvalue weighted by molar-refractivity contribution is 5.81. The Kier molecular flexibility index (Phi) is 4.86. The van der Waals surface area contributed by atoms with Crippen molar-refractivity contribution in [2.45, 2.75) is 20.0 Å². The van der Waals surface area contributed by atoms with Gasteiger partial charge in [0.2, 0.25) is 0 Å². The molecule has 2 aromatic carbocycles. The molecule has 0 bridgehead atoms. The van der Waals surface area contributed by atoms with Crippen LogP contribution >= 0.6 is 0 Å². The topological polar surface area (TPSA) is 104 Å². The number of nitrogens with zero attached hydrogens (tertiary/aromatic N) is 5. The lowest BCUT2D eigenvalue weighted by atomic mass is 10.2. The standard InChI is InChI=1S/C20H21N7O/c1-13-18(22-12-14-7-4-3-5-8-14)24-19(26-25-13)27-16-10-6-9-15(11-21)17(16)23-20(27)28-2/h3-10H,11-12,21H2,1-2H3,(H,22,24,26). The van der Waals surface area contributed by atoms with Crippen molar-refractivity contribution in [3.8, 4) is 12.0 Å². The zero-order valence-electron chi connectivity index (χ0n) is 15.8. The van der Waals surface area contributed by atoms with Crippen LogP contribution in [0.4, 0.5) is 5.82 Å². The van der Waals surface area contributed by atoms with Gasteiger partial charge in [0.1, 0.15) is 5.69 Å². The van der Waals surface area contributed by atoms with Crippen LogP contribution in [-0.2, 0) is 13.1 Å². The summed E-state index contributed by atoms with van der Waals surface area (Å²) in [5.74, 6) is 1.04. The number of aromatic nitrogens is 5. The zero-order chi connectivity index (χ0) is 19.5. The molecule has 8 heteroatoms. The number of imidazole rings is 1. The molecule has 2 heterocycles. The Morgan fingerprint density at radius 2 is 1.86 bits per heavy atom. The summed E-state index contributed by atoms with van der Waals surface area (Å²) in [6.07, 6.45) is 0. The highest BCUT2D eigenvalue weighted by atomic mass is 16.5. The first-order valence-corrected chi connectivity index (χ1v) is 8.95. The van der Waals surface area contributed by atoms with Gasteiger partial charge in [0, 0.05) is 13.1 Å². The maximum absolute atomic E-state index is 5.85. The predicted molar refractivity (Wildman–Crippen MR) is 107 cm³/mol. The fourth-order valence-corrected chi connectivity index (χ4v) is 3.05. The minimum Gasteiger partial charge on any atom is -0.468 e. The molecule has 3 N–H and O–H groups in total. The Morgan fingerprint density at radius 3 is 2.61 bits per heavy atom. The third kappa shape index (κ3) is 3.25. The van der Waals surface area contributed by atoms with Crippen LogP contribution in [-0.4, -0.2) is 31.8 Å². The van der Waals surface area contributed by atoms with Gasteiger partial charge in [-0.1, -0.05) is 42.5 Å². The molecule has 28 heavy (non-hydrogen) atoms. The number of para-hydroxylation sites is 1. The fraction of sp³-hybridized carbons (Fsp3) is 0.200. The molecule has 0 saturated carbocycles. The van der Waals surface area contributed by atoms with Gasteiger partial charge in [-0.25, -0.2) is 4.57 Å². The van der Waals surface area contributed by atoms with Gasteiger partial charge in [-0.05, 0) is 24.1 Å². The lowest BCUT2D eigenvalue weighted by Gasteiger charge is -2.11. The molecule has 142 valence electrons. The summed E-state index contributed by atoms with van der Waals surface area (Å²) in [5, 5.41) is 11.9. The van der Waals surface area contributed by atoms with E-state index in [4.69, 9.17) is 10.5 Å². The third-order valence-electron chi connectivity index (χ3n) is 4.49. The summed E-state index contributed by atoms with van der Waals surface area (Å²) in [6, 6.07) is 16.3. The summed E-state index contributed by atoms with van der Waals surface area (Å²) >= 11 is 0. The number of fused-ring (bicyclic) bond motifs is 1. The molecule has 0 spiro atoms. The molecular formula is C20H21N7O. The van der Waals surface area contributed by atoms with Gasteiger partial charge in [0.25, 0.3) is 5.95 Å². The summed E-state index contributed by atoms with van der Waals surface area (Å²) < 4.78 is 7.21. The smallest absolute Gasteiger partial charge is 0.304 e. The van der Waals surface area contributed by atoms with E-state index in [0.29, 0.717) is 36.6 Å². The molecule has 4 aromatic rings. The second-order valence-corrected chi connectivity index (χ2v) is 6.31. The van der Waals surface area contributed by atoms with E-state index in [1.807, 2.05) is 43.3 Å². The quantitative estimate of drug-likeness (QED) is 0.534. The van der Waals surface area contributed by atoms with E-state index in [0.717, 1.165) is 22.2 Å². The lowest BCUT2D eigenvalue weighted by molar-refractivity contribution is 0.373. The number of rotatable bonds is 6. The molecule has 0 amide bonds. The first-order valence-electron chi connectivity index (χ1n) is 8.95. The van der Waals surface area contributed by atoms with E-state index in [1.54, 1.807) is 11.7 Å². The molecule has 0 atom stereocenters. The van der Waals surface area contributed by atoms with E-state index in [-0.39, 0.29) is 0 Å². The molecule has 0 aliphatic carbocycles. The van der Waals surface area contributed by atoms with E-state index in [9.17, 15) is 0 Å². The van der Waals surface area contributed by atoms with Crippen LogP contribution < -0.4 is 15.8 Å². The minimum absolute atomic E-state index is 0.383. The van der Waals surface area contributed by atoms with Crippen LogP contribution in [0.1, 0.15) is 16.8 Å². The van der Waals surface area contributed by atoms with Gasteiger partial charge < -0.3 is 15.8 Å². The number of anilines is 1. The monoisotopic (exact) mass is 375 g/mol. The number of nitrogens with two attached hydrogens (primary N) is 1. The van der Waals surface area contributed by atoms with Crippen LogP contribution in [0.25, 0.3) is 17.0 Å². The fourth-order valence-electron chi connectivity index (χ4n) is 3.05.